The van der Waals surface area contributed by atoms with Gasteiger partial charge in [0.2, 0.25) is 5.91 Å². The summed E-state index contributed by atoms with van der Waals surface area (Å²) in [5.41, 5.74) is 6.54. The van der Waals surface area contributed by atoms with Crippen molar-refractivity contribution in [3.05, 3.63) is 30.1 Å². The molecule has 1 aromatic rings. The van der Waals surface area contributed by atoms with E-state index in [2.05, 4.69) is 4.98 Å². The number of hydrogen-bond acceptors (Lipinski definition) is 3. The smallest absolute Gasteiger partial charge is 0.225 e. The Morgan fingerprint density at radius 3 is 2.89 bits per heavy atom. The summed E-state index contributed by atoms with van der Waals surface area (Å²) in [6, 6.07) is 3.85. The second-order valence-corrected chi connectivity index (χ2v) is 5.14. The first-order chi connectivity index (χ1) is 8.66. The Labute approximate surface area is 112 Å². The Kier molecular flexibility index (Phi) is 4.25. The molecule has 0 atom stereocenters. The lowest BCUT2D eigenvalue weighted by Crippen LogP contribution is -2.34. The molecule has 0 aliphatic heterocycles. The molecule has 1 fully saturated rings. The molecule has 1 amide bonds. The van der Waals surface area contributed by atoms with Crippen molar-refractivity contribution in [1.82, 2.24) is 9.88 Å². The third-order valence-electron chi connectivity index (χ3n) is 2.96. The van der Waals surface area contributed by atoms with Crippen molar-refractivity contribution >= 4 is 23.1 Å². The standard InChI is InChI=1S/C13H17N3OS/c14-12(18)5-7-16(13(17)11-3-4-11)9-10-2-1-6-15-8-10/h1-2,6,8,11H,3-5,7,9H2,(H2,14,18). The number of nitrogens with zero attached hydrogens (tertiary/aromatic N) is 2. The second-order valence-electron chi connectivity index (χ2n) is 4.61. The molecule has 96 valence electrons. The summed E-state index contributed by atoms with van der Waals surface area (Å²) in [6.07, 6.45) is 6.11. The van der Waals surface area contributed by atoms with Crippen LogP contribution in [0.15, 0.2) is 24.5 Å². The van der Waals surface area contributed by atoms with Gasteiger partial charge < -0.3 is 10.6 Å². The van der Waals surface area contributed by atoms with Gasteiger partial charge in [0.1, 0.15) is 0 Å². The van der Waals surface area contributed by atoms with Crippen LogP contribution in [0.5, 0.6) is 0 Å². The van der Waals surface area contributed by atoms with Crippen LogP contribution in [0.3, 0.4) is 0 Å². The van der Waals surface area contributed by atoms with Crippen molar-refractivity contribution in [3.8, 4) is 0 Å². The van der Waals surface area contributed by atoms with Crippen molar-refractivity contribution in [2.45, 2.75) is 25.8 Å². The summed E-state index contributed by atoms with van der Waals surface area (Å²) in [5, 5.41) is 0. The van der Waals surface area contributed by atoms with E-state index in [0.29, 0.717) is 24.5 Å². The second kappa shape index (κ2) is 5.91. The van der Waals surface area contributed by atoms with Crippen LogP contribution >= 0.6 is 12.2 Å². The van der Waals surface area contributed by atoms with E-state index in [1.54, 1.807) is 12.4 Å². The van der Waals surface area contributed by atoms with E-state index in [-0.39, 0.29) is 11.8 Å². The quantitative estimate of drug-likeness (QED) is 0.790. The highest BCUT2D eigenvalue weighted by Gasteiger charge is 2.33. The maximum atomic E-state index is 12.1. The Hall–Kier alpha value is -1.49. The van der Waals surface area contributed by atoms with Gasteiger partial charge in [-0.05, 0) is 24.5 Å². The summed E-state index contributed by atoms with van der Waals surface area (Å²) in [4.78, 5) is 18.5. The van der Waals surface area contributed by atoms with Crippen LogP contribution < -0.4 is 5.73 Å². The van der Waals surface area contributed by atoms with E-state index >= 15 is 0 Å². The first kappa shape index (κ1) is 13.0. The van der Waals surface area contributed by atoms with Crippen molar-refractivity contribution in [2.24, 2.45) is 11.7 Å². The minimum Gasteiger partial charge on any atom is -0.393 e. The molecule has 0 aromatic carbocycles. The molecular weight excluding hydrogens is 246 g/mol. The van der Waals surface area contributed by atoms with Crippen molar-refractivity contribution in [3.63, 3.8) is 0 Å². The van der Waals surface area contributed by atoms with E-state index in [4.69, 9.17) is 18.0 Å². The van der Waals surface area contributed by atoms with Crippen LogP contribution in [0, 0.1) is 5.92 Å². The topological polar surface area (TPSA) is 59.2 Å². The average Bonchev–Trinajstić information content (AvgIpc) is 3.19. The number of rotatable bonds is 6. The van der Waals surface area contributed by atoms with Gasteiger partial charge >= 0.3 is 0 Å². The van der Waals surface area contributed by atoms with Gasteiger partial charge in [0.25, 0.3) is 0 Å². The molecule has 1 aliphatic carbocycles. The van der Waals surface area contributed by atoms with Gasteiger partial charge in [0.15, 0.2) is 0 Å². The fourth-order valence-corrected chi connectivity index (χ4v) is 1.90. The monoisotopic (exact) mass is 263 g/mol. The summed E-state index contributed by atoms with van der Waals surface area (Å²) < 4.78 is 0. The predicted octanol–water partition coefficient (Wildman–Crippen LogP) is 1.50. The third kappa shape index (κ3) is 3.77. The van der Waals surface area contributed by atoms with E-state index in [0.717, 1.165) is 18.4 Å². The van der Waals surface area contributed by atoms with E-state index in [1.165, 1.54) is 0 Å². The molecule has 1 aromatic heterocycles. The molecule has 18 heavy (non-hydrogen) atoms. The first-order valence-electron chi connectivity index (χ1n) is 6.13. The normalized spacial score (nSPS) is 14.2. The summed E-state index contributed by atoms with van der Waals surface area (Å²) >= 11 is 4.87. The zero-order valence-corrected chi connectivity index (χ0v) is 11.0. The molecule has 0 unspecified atom stereocenters. The molecule has 1 saturated carbocycles. The summed E-state index contributed by atoms with van der Waals surface area (Å²) in [7, 11) is 0. The van der Waals surface area contributed by atoms with Gasteiger partial charge in [0.05, 0.1) is 4.99 Å². The first-order valence-corrected chi connectivity index (χ1v) is 6.53. The van der Waals surface area contributed by atoms with Gasteiger partial charge in [-0.25, -0.2) is 0 Å². The van der Waals surface area contributed by atoms with Gasteiger partial charge in [0, 0.05) is 37.8 Å². The number of carbonyl (C=O) groups excluding carboxylic acids is 1. The fourth-order valence-electron chi connectivity index (χ4n) is 1.81. The number of thiocarbonyl (C=S) groups is 1. The van der Waals surface area contributed by atoms with Crippen LogP contribution in [0.2, 0.25) is 0 Å². The molecular formula is C13H17N3OS. The molecule has 0 spiro atoms. The van der Waals surface area contributed by atoms with Gasteiger partial charge in [-0.3, -0.25) is 9.78 Å². The number of hydrogen-bond donors (Lipinski definition) is 1. The highest BCUT2D eigenvalue weighted by molar-refractivity contribution is 7.80. The van der Waals surface area contributed by atoms with Crippen LogP contribution in [0.1, 0.15) is 24.8 Å². The predicted molar refractivity (Wildman–Crippen MR) is 73.8 cm³/mol. The van der Waals surface area contributed by atoms with Crippen molar-refractivity contribution < 1.29 is 4.79 Å². The Morgan fingerprint density at radius 1 is 1.56 bits per heavy atom. The van der Waals surface area contributed by atoms with E-state index < -0.39 is 0 Å². The van der Waals surface area contributed by atoms with E-state index in [9.17, 15) is 4.79 Å². The molecule has 5 heteroatoms. The highest BCUT2D eigenvalue weighted by Crippen LogP contribution is 2.31. The SMILES string of the molecule is NC(=S)CCN(Cc1cccnc1)C(=O)C1CC1. The van der Waals surface area contributed by atoms with Crippen molar-refractivity contribution in [1.29, 1.82) is 0 Å². The minimum absolute atomic E-state index is 0.216. The van der Waals surface area contributed by atoms with Crippen LogP contribution in [-0.4, -0.2) is 27.3 Å². The van der Waals surface area contributed by atoms with Gasteiger partial charge in [-0.15, -0.1) is 0 Å². The van der Waals surface area contributed by atoms with Crippen molar-refractivity contribution in [2.75, 3.05) is 6.54 Å². The zero-order chi connectivity index (χ0) is 13.0. The molecule has 0 bridgehead atoms. The Morgan fingerprint density at radius 2 is 2.33 bits per heavy atom. The summed E-state index contributed by atoms with van der Waals surface area (Å²) in [5.74, 6) is 0.433. The zero-order valence-electron chi connectivity index (χ0n) is 10.2. The molecule has 0 saturated heterocycles. The Balaban J connectivity index is 1.99. The number of pyridine rings is 1. The largest absolute Gasteiger partial charge is 0.393 e. The number of aromatic nitrogens is 1. The van der Waals surface area contributed by atoms with Crippen LogP contribution in [0.25, 0.3) is 0 Å². The molecule has 2 rings (SSSR count). The minimum atomic E-state index is 0.216. The average molecular weight is 263 g/mol. The maximum absolute atomic E-state index is 12.1. The number of nitrogens with two attached hydrogens (primary N) is 1. The summed E-state index contributed by atoms with van der Waals surface area (Å²) in [6.45, 7) is 1.19. The lowest BCUT2D eigenvalue weighted by molar-refractivity contribution is -0.133. The van der Waals surface area contributed by atoms with Gasteiger partial charge in [-0.1, -0.05) is 18.3 Å². The highest BCUT2D eigenvalue weighted by atomic mass is 32.1. The van der Waals surface area contributed by atoms with Gasteiger partial charge in [-0.2, -0.15) is 0 Å². The van der Waals surface area contributed by atoms with Crippen LogP contribution in [-0.2, 0) is 11.3 Å². The lowest BCUT2D eigenvalue weighted by Gasteiger charge is -2.22. The molecule has 2 N–H and O–H groups in total. The molecule has 1 heterocycles. The Bertz CT molecular complexity index is 431. The number of amides is 1. The fraction of sp³-hybridized carbons (Fsp3) is 0.462. The third-order valence-corrected chi connectivity index (χ3v) is 3.17. The van der Waals surface area contributed by atoms with Crippen LogP contribution in [0.4, 0.5) is 0 Å². The maximum Gasteiger partial charge on any atom is 0.225 e. The molecule has 4 nitrogen and oxygen atoms in total. The lowest BCUT2D eigenvalue weighted by atomic mass is 10.2. The molecule has 0 radical (unpaired) electrons. The van der Waals surface area contributed by atoms with E-state index in [1.807, 2.05) is 17.0 Å². The number of carbonyl (C=O) groups is 1. The molecule has 1 aliphatic rings.